The standard InChI is InChI=1S/C20H25N5O3S2/c21-14-20(7-10-30(27,28)11-8-20)25-12-17(23-24-25)18(15-4-2-1-3-5-15)22-19(26)16-6-9-29-13-16/h6,9,12-13,15,18H,1-5,7-8,10-11H2,(H,22,26). The zero-order valence-corrected chi connectivity index (χ0v) is 18.3. The van der Waals surface area contributed by atoms with Gasteiger partial charge in [0.25, 0.3) is 5.91 Å². The molecule has 1 aliphatic carbocycles. The van der Waals surface area contributed by atoms with Crippen LogP contribution in [0.5, 0.6) is 0 Å². The van der Waals surface area contributed by atoms with Crippen molar-refractivity contribution in [2.24, 2.45) is 5.92 Å². The minimum absolute atomic E-state index is 0.0311. The summed E-state index contributed by atoms with van der Waals surface area (Å²) in [6.45, 7) is 0. The van der Waals surface area contributed by atoms with Gasteiger partial charge in [-0.1, -0.05) is 24.5 Å². The zero-order chi connectivity index (χ0) is 21.2. The number of nitrogens with zero attached hydrogens (tertiary/aromatic N) is 4. The maximum absolute atomic E-state index is 12.8. The molecule has 160 valence electrons. The van der Waals surface area contributed by atoms with Crippen LogP contribution in [0.1, 0.15) is 67.0 Å². The first-order valence-electron chi connectivity index (χ1n) is 10.3. The van der Waals surface area contributed by atoms with Crippen molar-refractivity contribution in [1.82, 2.24) is 20.3 Å². The van der Waals surface area contributed by atoms with Crippen LogP contribution in [0.25, 0.3) is 0 Å². The lowest BCUT2D eigenvalue weighted by atomic mass is 9.82. The SMILES string of the molecule is N#CC1(n2cc(C(NC(=O)c3ccsc3)C3CCCCC3)nn2)CCS(=O)(=O)CC1. The van der Waals surface area contributed by atoms with Crippen molar-refractivity contribution in [1.29, 1.82) is 5.26 Å². The van der Waals surface area contributed by atoms with E-state index in [0.717, 1.165) is 25.7 Å². The Morgan fingerprint density at radius 3 is 2.67 bits per heavy atom. The lowest BCUT2D eigenvalue weighted by Gasteiger charge is -2.31. The molecule has 1 amide bonds. The van der Waals surface area contributed by atoms with Gasteiger partial charge < -0.3 is 5.32 Å². The Morgan fingerprint density at radius 2 is 2.03 bits per heavy atom. The molecule has 4 rings (SSSR count). The highest BCUT2D eigenvalue weighted by Gasteiger charge is 2.41. The molecule has 30 heavy (non-hydrogen) atoms. The number of amides is 1. The highest BCUT2D eigenvalue weighted by Crippen LogP contribution is 2.36. The van der Waals surface area contributed by atoms with E-state index in [0.29, 0.717) is 11.3 Å². The number of nitriles is 1. The van der Waals surface area contributed by atoms with Crippen LogP contribution < -0.4 is 5.32 Å². The Bertz CT molecular complexity index is 1020. The summed E-state index contributed by atoms with van der Waals surface area (Å²) in [5, 5.41) is 25.2. The van der Waals surface area contributed by atoms with E-state index in [4.69, 9.17) is 0 Å². The number of thiophene rings is 1. The lowest BCUT2D eigenvalue weighted by molar-refractivity contribution is 0.0911. The number of hydrogen-bond acceptors (Lipinski definition) is 7. The number of carbonyl (C=O) groups is 1. The highest BCUT2D eigenvalue weighted by atomic mass is 32.2. The predicted octanol–water partition coefficient (Wildman–Crippen LogP) is 2.82. The molecule has 0 radical (unpaired) electrons. The number of sulfone groups is 1. The van der Waals surface area contributed by atoms with E-state index in [1.165, 1.54) is 22.4 Å². The largest absolute Gasteiger partial charge is 0.343 e. The van der Waals surface area contributed by atoms with Gasteiger partial charge in [0.05, 0.1) is 35.4 Å². The average molecular weight is 448 g/mol. The molecular formula is C20H25N5O3S2. The normalized spacial score (nSPS) is 22.1. The smallest absolute Gasteiger partial charge is 0.252 e. The number of nitrogens with one attached hydrogen (secondary N) is 1. The summed E-state index contributed by atoms with van der Waals surface area (Å²) in [5.74, 6) is 0.0595. The molecule has 2 aliphatic rings. The van der Waals surface area contributed by atoms with Gasteiger partial charge in [0.2, 0.25) is 0 Å². The summed E-state index contributed by atoms with van der Waals surface area (Å²) in [6, 6.07) is 3.79. The Labute approximate surface area is 180 Å². The van der Waals surface area contributed by atoms with E-state index in [-0.39, 0.29) is 42.2 Å². The fraction of sp³-hybridized carbons (Fsp3) is 0.600. The Kier molecular flexibility index (Phi) is 5.93. The minimum atomic E-state index is -3.11. The monoisotopic (exact) mass is 447 g/mol. The van der Waals surface area contributed by atoms with E-state index in [9.17, 15) is 18.5 Å². The van der Waals surface area contributed by atoms with Gasteiger partial charge in [0.15, 0.2) is 15.4 Å². The summed E-state index contributed by atoms with van der Waals surface area (Å²) in [7, 11) is -3.11. The molecule has 2 fully saturated rings. The molecular weight excluding hydrogens is 422 g/mol. The van der Waals surface area contributed by atoms with Gasteiger partial charge in [-0.05, 0) is 43.0 Å². The van der Waals surface area contributed by atoms with Crippen LogP contribution in [0.15, 0.2) is 23.0 Å². The molecule has 0 spiro atoms. The fourth-order valence-electron chi connectivity index (χ4n) is 4.42. The summed E-state index contributed by atoms with van der Waals surface area (Å²) < 4.78 is 25.2. The van der Waals surface area contributed by atoms with Crippen LogP contribution in [-0.2, 0) is 15.4 Å². The van der Waals surface area contributed by atoms with Gasteiger partial charge in [-0.25, -0.2) is 13.1 Å². The second-order valence-electron chi connectivity index (χ2n) is 8.24. The van der Waals surface area contributed by atoms with Crippen molar-refractivity contribution in [2.75, 3.05) is 11.5 Å². The fourth-order valence-corrected chi connectivity index (χ4v) is 6.55. The molecule has 1 aliphatic heterocycles. The second kappa shape index (κ2) is 8.47. The summed E-state index contributed by atoms with van der Waals surface area (Å²) in [4.78, 5) is 12.8. The van der Waals surface area contributed by atoms with Crippen molar-refractivity contribution >= 4 is 27.1 Å². The Balaban J connectivity index is 1.60. The van der Waals surface area contributed by atoms with Crippen LogP contribution in [0, 0.1) is 17.2 Å². The molecule has 10 heteroatoms. The van der Waals surface area contributed by atoms with E-state index in [2.05, 4.69) is 21.7 Å². The number of hydrogen-bond donors (Lipinski definition) is 1. The van der Waals surface area contributed by atoms with Gasteiger partial charge in [0.1, 0.15) is 5.69 Å². The molecule has 1 unspecified atom stereocenters. The third-order valence-corrected chi connectivity index (χ3v) is 8.66. The first kappa shape index (κ1) is 21.0. The van der Waals surface area contributed by atoms with E-state index >= 15 is 0 Å². The maximum atomic E-state index is 12.8. The van der Waals surface area contributed by atoms with Gasteiger partial charge in [-0.3, -0.25) is 4.79 Å². The first-order valence-corrected chi connectivity index (χ1v) is 13.1. The average Bonchev–Trinajstić information content (AvgIpc) is 3.46. The lowest BCUT2D eigenvalue weighted by Crippen LogP contribution is -2.41. The zero-order valence-electron chi connectivity index (χ0n) is 16.7. The Morgan fingerprint density at radius 1 is 1.30 bits per heavy atom. The van der Waals surface area contributed by atoms with Crippen molar-refractivity contribution < 1.29 is 13.2 Å². The van der Waals surface area contributed by atoms with Crippen LogP contribution in [-0.4, -0.2) is 40.8 Å². The molecule has 2 aromatic rings. The second-order valence-corrected chi connectivity index (χ2v) is 11.3. The topological polar surface area (TPSA) is 118 Å². The Hall–Kier alpha value is -2.25. The molecule has 1 saturated carbocycles. The van der Waals surface area contributed by atoms with Gasteiger partial charge in [-0.15, -0.1) is 5.10 Å². The van der Waals surface area contributed by atoms with Crippen molar-refractivity contribution in [3.8, 4) is 6.07 Å². The number of carbonyl (C=O) groups excluding carboxylic acids is 1. The maximum Gasteiger partial charge on any atom is 0.252 e. The van der Waals surface area contributed by atoms with Crippen molar-refractivity contribution in [2.45, 2.75) is 56.5 Å². The van der Waals surface area contributed by atoms with Gasteiger partial charge in [0, 0.05) is 5.38 Å². The molecule has 2 aromatic heterocycles. The third kappa shape index (κ3) is 4.27. The number of rotatable bonds is 5. The molecule has 3 heterocycles. The van der Waals surface area contributed by atoms with Crippen LogP contribution in [0.4, 0.5) is 0 Å². The molecule has 8 nitrogen and oxygen atoms in total. The van der Waals surface area contributed by atoms with Crippen LogP contribution in [0.2, 0.25) is 0 Å². The van der Waals surface area contributed by atoms with Crippen LogP contribution in [0.3, 0.4) is 0 Å². The quantitative estimate of drug-likeness (QED) is 0.753. The molecule has 1 saturated heterocycles. The minimum Gasteiger partial charge on any atom is -0.343 e. The molecule has 0 aromatic carbocycles. The highest BCUT2D eigenvalue weighted by molar-refractivity contribution is 7.91. The first-order chi connectivity index (χ1) is 14.4. The van der Waals surface area contributed by atoms with E-state index in [1.54, 1.807) is 12.3 Å². The van der Waals surface area contributed by atoms with Crippen molar-refractivity contribution in [3.05, 3.63) is 34.3 Å². The molecule has 1 atom stereocenters. The van der Waals surface area contributed by atoms with E-state index < -0.39 is 15.4 Å². The van der Waals surface area contributed by atoms with Crippen molar-refractivity contribution in [3.63, 3.8) is 0 Å². The van der Waals surface area contributed by atoms with Crippen LogP contribution >= 0.6 is 11.3 Å². The number of aromatic nitrogens is 3. The summed E-state index contributed by atoms with van der Waals surface area (Å²) in [5.41, 5.74) is 0.248. The molecule has 0 bridgehead atoms. The van der Waals surface area contributed by atoms with Gasteiger partial charge in [-0.2, -0.15) is 16.6 Å². The summed E-state index contributed by atoms with van der Waals surface area (Å²) in [6.07, 6.45) is 7.56. The van der Waals surface area contributed by atoms with E-state index in [1.807, 2.05) is 10.8 Å². The third-order valence-electron chi connectivity index (χ3n) is 6.32. The van der Waals surface area contributed by atoms with Gasteiger partial charge >= 0.3 is 0 Å². The summed E-state index contributed by atoms with van der Waals surface area (Å²) >= 11 is 1.47. The molecule has 1 N–H and O–H groups in total. The predicted molar refractivity (Wildman–Crippen MR) is 113 cm³/mol.